The van der Waals surface area contributed by atoms with Crippen molar-refractivity contribution in [2.75, 3.05) is 23.3 Å². The molecule has 0 amide bonds. The second-order valence-corrected chi connectivity index (χ2v) is 6.10. The lowest BCUT2D eigenvalue weighted by Gasteiger charge is -2.33. The van der Waals surface area contributed by atoms with Gasteiger partial charge in [0.15, 0.2) is 0 Å². The molecule has 1 fully saturated rings. The summed E-state index contributed by atoms with van der Waals surface area (Å²) in [6.07, 6.45) is 5.16. The van der Waals surface area contributed by atoms with Gasteiger partial charge in [-0.15, -0.1) is 0 Å². The van der Waals surface area contributed by atoms with Crippen molar-refractivity contribution in [3.8, 4) is 0 Å². The molecule has 0 aromatic heterocycles. The Labute approximate surface area is 110 Å². The maximum atomic E-state index is 3.58. The van der Waals surface area contributed by atoms with Gasteiger partial charge >= 0.3 is 0 Å². The Hall–Kier alpha value is -1.18. The molecule has 2 aliphatic heterocycles. The first kappa shape index (κ1) is 11.9. The summed E-state index contributed by atoms with van der Waals surface area (Å²) >= 11 is 0. The van der Waals surface area contributed by atoms with Crippen molar-refractivity contribution >= 4 is 11.4 Å². The second-order valence-electron chi connectivity index (χ2n) is 6.10. The minimum absolute atomic E-state index is 0.624. The van der Waals surface area contributed by atoms with E-state index in [-0.39, 0.29) is 0 Å². The third-order valence-electron chi connectivity index (χ3n) is 4.49. The quantitative estimate of drug-likeness (QED) is 0.811. The van der Waals surface area contributed by atoms with Crippen molar-refractivity contribution in [2.45, 2.75) is 45.6 Å². The first-order valence-electron chi connectivity index (χ1n) is 7.37. The summed E-state index contributed by atoms with van der Waals surface area (Å²) in [5.41, 5.74) is 4.28. The van der Waals surface area contributed by atoms with Gasteiger partial charge in [0.2, 0.25) is 0 Å². The van der Waals surface area contributed by atoms with Crippen molar-refractivity contribution in [1.82, 2.24) is 0 Å². The maximum Gasteiger partial charge on any atom is 0.0376 e. The van der Waals surface area contributed by atoms with Crippen LogP contribution in [0.15, 0.2) is 18.2 Å². The Morgan fingerprint density at radius 1 is 1.11 bits per heavy atom. The Morgan fingerprint density at radius 3 is 2.67 bits per heavy atom. The minimum Gasteiger partial charge on any atom is -0.382 e. The molecule has 1 saturated heterocycles. The first-order chi connectivity index (χ1) is 8.72. The third kappa shape index (κ3) is 2.33. The summed E-state index contributed by atoms with van der Waals surface area (Å²) in [6.45, 7) is 7.09. The topological polar surface area (TPSA) is 15.3 Å². The van der Waals surface area contributed by atoms with Crippen LogP contribution in [-0.4, -0.2) is 19.1 Å². The van der Waals surface area contributed by atoms with Crippen molar-refractivity contribution in [3.05, 3.63) is 23.8 Å². The van der Waals surface area contributed by atoms with Gasteiger partial charge in [0.05, 0.1) is 0 Å². The highest BCUT2D eigenvalue weighted by Crippen LogP contribution is 2.30. The average molecular weight is 244 g/mol. The van der Waals surface area contributed by atoms with Crippen molar-refractivity contribution in [3.63, 3.8) is 0 Å². The summed E-state index contributed by atoms with van der Waals surface area (Å²) in [6, 6.07) is 7.60. The van der Waals surface area contributed by atoms with E-state index in [1.54, 1.807) is 0 Å². The van der Waals surface area contributed by atoms with Crippen molar-refractivity contribution < 1.29 is 0 Å². The number of hydrogen-bond acceptors (Lipinski definition) is 2. The van der Waals surface area contributed by atoms with E-state index < -0.39 is 0 Å². The molecule has 1 unspecified atom stereocenters. The van der Waals surface area contributed by atoms with E-state index in [0.29, 0.717) is 6.04 Å². The maximum absolute atomic E-state index is 3.58. The Bertz CT molecular complexity index is 419. The lowest BCUT2D eigenvalue weighted by atomic mass is 9.96. The lowest BCUT2D eigenvalue weighted by Crippen LogP contribution is -2.33. The number of piperidine rings is 1. The van der Waals surface area contributed by atoms with Gasteiger partial charge in [-0.1, -0.05) is 6.92 Å². The molecule has 98 valence electrons. The standard InChI is InChI=1S/C16H24N2/c1-12-7-9-18(10-8-12)15-5-6-16-14(11-15)4-3-13(2)17-16/h5-6,11-13,17H,3-4,7-10H2,1-2H3. The zero-order chi connectivity index (χ0) is 12.5. The number of hydrogen-bond donors (Lipinski definition) is 1. The highest BCUT2D eigenvalue weighted by atomic mass is 15.1. The van der Waals surface area contributed by atoms with Crippen LogP contribution in [0.3, 0.4) is 0 Å². The van der Waals surface area contributed by atoms with Crippen LogP contribution in [0.2, 0.25) is 0 Å². The SMILES string of the molecule is CC1CCN(c2ccc3c(c2)CCC(C)N3)CC1. The van der Waals surface area contributed by atoms with Crippen molar-refractivity contribution in [2.24, 2.45) is 5.92 Å². The van der Waals surface area contributed by atoms with Gasteiger partial charge in [0, 0.05) is 30.5 Å². The molecule has 2 aliphatic rings. The average Bonchev–Trinajstić information content (AvgIpc) is 2.39. The molecule has 0 radical (unpaired) electrons. The minimum atomic E-state index is 0.624. The monoisotopic (exact) mass is 244 g/mol. The van der Waals surface area contributed by atoms with Gasteiger partial charge < -0.3 is 10.2 Å². The van der Waals surface area contributed by atoms with Crippen LogP contribution < -0.4 is 10.2 Å². The number of rotatable bonds is 1. The summed E-state index contributed by atoms with van der Waals surface area (Å²) in [5.74, 6) is 0.904. The fourth-order valence-corrected chi connectivity index (χ4v) is 3.10. The molecular weight excluding hydrogens is 220 g/mol. The molecule has 3 rings (SSSR count). The summed E-state index contributed by atoms with van der Waals surface area (Å²) < 4.78 is 0. The van der Waals surface area contributed by atoms with E-state index in [1.807, 2.05) is 0 Å². The van der Waals surface area contributed by atoms with Crippen LogP contribution in [0.1, 0.15) is 38.7 Å². The number of nitrogens with zero attached hydrogens (tertiary/aromatic N) is 1. The zero-order valence-corrected chi connectivity index (χ0v) is 11.6. The van der Waals surface area contributed by atoms with Crippen molar-refractivity contribution in [1.29, 1.82) is 0 Å². The molecule has 2 nitrogen and oxygen atoms in total. The van der Waals surface area contributed by atoms with Gasteiger partial charge in [-0.3, -0.25) is 0 Å². The van der Waals surface area contributed by atoms with Gasteiger partial charge in [0.1, 0.15) is 0 Å². The molecule has 1 N–H and O–H groups in total. The van der Waals surface area contributed by atoms with Gasteiger partial charge in [-0.2, -0.15) is 0 Å². The summed E-state index contributed by atoms with van der Waals surface area (Å²) in [5, 5.41) is 3.58. The Morgan fingerprint density at radius 2 is 1.89 bits per heavy atom. The first-order valence-corrected chi connectivity index (χ1v) is 7.37. The smallest absolute Gasteiger partial charge is 0.0376 e. The molecule has 0 saturated carbocycles. The molecule has 0 bridgehead atoms. The number of benzene rings is 1. The van der Waals surface area contributed by atoms with E-state index in [0.717, 1.165) is 5.92 Å². The predicted molar refractivity (Wildman–Crippen MR) is 78.5 cm³/mol. The van der Waals surface area contributed by atoms with Crippen LogP contribution in [0.5, 0.6) is 0 Å². The highest BCUT2D eigenvalue weighted by Gasteiger charge is 2.19. The molecule has 1 atom stereocenters. The number of nitrogens with one attached hydrogen (secondary N) is 1. The number of fused-ring (bicyclic) bond motifs is 1. The van der Waals surface area contributed by atoms with Crippen LogP contribution in [0.25, 0.3) is 0 Å². The number of aryl methyl sites for hydroxylation is 1. The van der Waals surface area contributed by atoms with Gasteiger partial charge in [-0.05, 0) is 62.3 Å². The van der Waals surface area contributed by atoms with Gasteiger partial charge in [-0.25, -0.2) is 0 Å². The third-order valence-corrected chi connectivity index (χ3v) is 4.49. The lowest BCUT2D eigenvalue weighted by molar-refractivity contribution is 0.438. The molecule has 0 spiro atoms. The molecule has 18 heavy (non-hydrogen) atoms. The fourth-order valence-electron chi connectivity index (χ4n) is 3.10. The number of anilines is 2. The van der Waals surface area contributed by atoms with Crippen LogP contribution in [0.4, 0.5) is 11.4 Å². The van der Waals surface area contributed by atoms with E-state index in [4.69, 9.17) is 0 Å². The van der Waals surface area contributed by atoms with E-state index in [2.05, 4.69) is 42.3 Å². The highest BCUT2D eigenvalue weighted by molar-refractivity contribution is 5.62. The Kier molecular flexibility index (Phi) is 3.19. The van der Waals surface area contributed by atoms with Crippen LogP contribution in [0, 0.1) is 5.92 Å². The zero-order valence-electron chi connectivity index (χ0n) is 11.6. The van der Waals surface area contributed by atoms with Gasteiger partial charge in [0.25, 0.3) is 0 Å². The van der Waals surface area contributed by atoms with E-state index in [1.165, 1.54) is 55.7 Å². The van der Waals surface area contributed by atoms with Crippen LogP contribution in [-0.2, 0) is 6.42 Å². The molecule has 2 heteroatoms. The molecular formula is C16H24N2. The second kappa shape index (κ2) is 4.83. The summed E-state index contributed by atoms with van der Waals surface area (Å²) in [7, 11) is 0. The predicted octanol–water partition coefficient (Wildman–Crippen LogP) is 3.67. The van der Waals surface area contributed by atoms with E-state index in [9.17, 15) is 0 Å². The van der Waals surface area contributed by atoms with E-state index >= 15 is 0 Å². The molecule has 1 aromatic rings. The summed E-state index contributed by atoms with van der Waals surface area (Å²) in [4.78, 5) is 2.55. The fraction of sp³-hybridized carbons (Fsp3) is 0.625. The molecule has 0 aliphatic carbocycles. The Balaban J connectivity index is 1.78. The molecule has 2 heterocycles. The van der Waals surface area contributed by atoms with Crippen LogP contribution >= 0.6 is 0 Å². The molecule has 1 aromatic carbocycles. The largest absolute Gasteiger partial charge is 0.382 e. The normalized spacial score (nSPS) is 24.6.